The predicted molar refractivity (Wildman–Crippen MR) is 78.2 cm³/mol. The van der Waals surface area contributed by atoms with E-state index in [0.717, 1.165) is 18.5 Å². The van der Waals surface area contributed by atoms with Gasteiger partial charge >= 0.3 is 0 Å². The van der Waals surface area contributed by atoms with Crippen molar-refractivity contribution in [2.24, 2.45) is 0 Å². The van der Waals surface area contributed by atoms with Crippen LogP contribution in [0.15, 0.2) is 10.9 Å². The van der Waals surface area contributed by atoms with Crippen molar-refractivity contribution in [3.05, 3.63) is 22.1 Å². The molecule has 0 radical (unpaired) electrons. The zero-order valence-electron chi connectivity index (χ0n) is 12.0. The summed E-state index contributed by atoms with van der Waals surface area (Å²) in [7, 11) is 0. The van der Waals surface area contributed by atoms with Crippen LogP contribution in [0.5, 0.6) is 5.75 Å². The number of aromatic amines is 1. The minimum absolute atomic E-state index is 0.0366. The largest absolute Gasteiger partial charge is 0.507 e. The number of nitrogens with one attached hydrogen (secondary N) is 1. The van der Waals surface area contributed by atoms with Crippen LogP contribution in [0.3, 0.4) is 0 Å². The Hall–Kier alpha value is -1.78. The van der Waals surface area contributed by atoms with E-state index in [1.54, 1.807) is 0 Å². The zero-order chi connectivity index (χ0) is 14.3. The van der Waals surface area contributed by atoms with Crippen LogP contribution >= 0.6 is 0 Å². The molecule has 1 fully saturated rings. The predicted octanol–water partition coefficient (Wildman–Crippen LogP) is 3.06. The van der Waals surface area contributed by atoms with Crippen LogP contribution in [-0.4, -0.2) is 19.9 Å². The van der Waals surface area contributed by atoms with Gasteiger partial charge in [0.25, 0.3) is 5.56 Å². The van der Waals surface area contributed by atoms with Crippen LogP contribution < -0.4 is 5.56 Å². The SMILES string of the molecule is CC(C)c1nn(C2CCCCC2)c2[nH]c(=O)cc(O)c12. The molecule has 2 heterocycles. The molecule has 3 rings (SSSR count). The highest BCUT2D eigenvalue weighted by Crippen LogP contribution is 2.35. The van der Waals surface area contributed by atoms with Crippen molar-refractivity contribution in [2.75, 3.05) is 0 Å². The summed E-state index contributed by atoms with van der Waals surface area (Å²) in [5.74, 6) is 0.244. The van der Waals surface area contributed by atoms with Gasteiger partial charge in [-0.1, -0.05) is 33.1 Å². The Labute approximate surface area is 117 Å². The van der Waals surface area contributed by atoms with Gasteiger partial charge in [-0.3, -0.25) is 4.79 Å². The van der Waals surface area contributed by atoms with E-state index in [2.05, 4.69) is 18.8 Å². The number of aromatic nitrogens is 3. The van der Waals surface area contributed by atoms with Gasteiger partial charge in [-0.25, -0.2) is 4.68 Å². The molecule has 0 spiro atoms. The molecule has 20 heavy (non-hydrogen) atoms. The van der Waals surface area contributed by atoms with Gasteiger partial charge in [0.1, 0.15) is 11.4 Å². The minimum atomic E-state index is -0.276. The Morgan fingerprint density at radius 3 is 2.70 bits per heavy atom. The summed E-state index contributed by atoms with van der Waals surface area (Å²) in [5.41, 5.74) is 1.26. The second-order valence-electron chi connectivity index (χ2n) is 6.02. The van der Waals surface area contributed by atoms with Gasteiger partial charge in [0.15, 0.2) is 0 Å². The molecular weight excluding hydrogens is 254 g/mol. The number of hydrogen-bond donors (Lipinski definition) is 2. The molecule has 1 saturated carbocycles. The Morgan fingerprint density at radius 1 is 1.35 bits per heavy atom. The normalized spacial score (nSPS) is 17.1. The molecule has 0 amide bonds. The maximum atomic E-state index is 11.7. The number of aromatic hydroxyl groups is 1. The first-order valence-corrected chi connectivity index (χ1v) is 7.42. The summed E-state index contributed by atoms with van der Waals surface area (Å²) >= 11 is 0. The molecule has 5 heteroatoms. The zero-order valence-corrected chi connectivity index (χ0v) is 12.0. The van der Waals surface area contributed by atoms with E-state index in [1.807, 2.05) is 4.68 Å². The van der Waals surface area contributed by atoms with Crippen molar-refractivity contribution in [1.29, 1.82) is 0 Å². The molecule has 1 aliphatic carbocycles. The third kappa shape index (κ3) is 2.11. The quantitative estimate of drug-likeness (QED) is 0.884. The van der Waals surface area contributed by atoms with E-state index in [1.165, 1.54) is 25.3 Å². The van der Waals surface area contributed by atoms with Crippen LogP contribution in [0.4, 0.5) is 0 Å². The summed E-state index contributed by atoms with van der Waals surface area (Å²) in [4.78, 5) is 14.5. The smallest absolute Gasteiger partial charge is 0.253 e. The van der Waals surface area contributed by atoms with Crippen LogP contribution in [-0.2, 0) is 0 Å². The summed E-state index contributed by atoms with van der Waals surface area (Å²) in [6.45, 7) is 4.11. The van der Waals surface area contributed by atoms with Crippen LogP contribution in [0.2, 0.25) is 0 Å². The number of H-pyrrole nitrogens is 1. The summed E-state index contributed by atoms with van der Waals surface area (Å²) in [6, 6.07) is 1.57. The maximum absolute atomic E-state index is 11.7. The fourth-order valence-corrected chi connectivity index (χ4v) is 3.17. The minimum Gasteiger partial charge on any atom is -0.507 e. The molecule has 0 aromatic carbocycles. The molecule has 0 bridgehead atoms. The highest BCUT2D eigenvalue weighted by atomic mass is 16.3. The van der Waals surface area contributed by atoms with Crippen molar-refractivity contribution in [3.8, 4) is 5.75 Å². The Bertz CT molecular complexity index is 678. The molecule has 0 unspecified atom stereocenters. The standard InChI is InChI=1S/C15H21N3O2/c1-9(2)14-13-11(19)8-12(20)16-15(13)18(17-14)10-6-4-3-5-7-10/h8-10H,3-7H2,1-2H3,(H2,16,19,20). The fourth-order valence-electron chi connectivity index (χ4n) is 3.17. The van der Waals surface area contributed by atoms with Gasteiger partial charge in [-0.05, 0) is 18.8 Å². The first kappa shape index (κ1) is 13.2. The van der Waals surface area contributed by atoms with E-state index in [0.29, 0.717) is 17.1 Å². The Morgan fingerprint density at radius 2 is 2.05 bits per heavy atom. The molecule has 1 aliphatic rings. The number of nitrogens with zero attached hydrogens (tertiary/aromatic N) is 2. The highest BCUT2D eigenvalue weighted by Gasteiger charge is 2.23. The lowest BCUT2D eigenvalue weighted by Crippen LogP contribution is -2.16. The van der Waals surface area contributed by atoms with E-state index < -0.39 is 0 Å². The molecule has 5 nitrogen and oxygen atoms in total. The van der Waals surface area contributed by atoms with E-state index in [-0.39, 0.29) is 17.2 Å². The van der Waals surface area contributed by atoms with E-state index in [9.17, 15) is 9.90 Å². The average Bonchev–Trinajstić information content (AvgIpc) is 2.79. The molecule has 2 aromatic heterocycles. The topological polar surface area (TPSA) is 70.9 Å². The van der Waals surface area contributed by atoms with Gasteiger partial charge in [-0.2, -0.15) is 5.10 Å². The van der Waals surface area contributed by atoms with Crippen molar-refractivity contribution >= 4 is 11.0 Å². The molecule has 2 aromatic rings. The van der Waals surface area contributed by atoms with Gasteiger partial charge in [0, 0.05) is 6.07 Å². The van der Waals surface area contributed by atoms with Crippen molar-refractivity contribution in [3.63, 3.8) is 0 Å². The monoisotopic (exact) mass is 275 g/mol. The van der Waals surface area contributed by atoms with Crippen molar-refractivity contribution < 1.29 is 5.11 Å². The van der Waals surface area contributed by atoms with Gasteiger partial charge < -0.3 is 10.1 Å². The number of pyridine rings is 1. The van der Waals surface area contributed by atoms with E-state index >= 15 is 0 Å². The van der Waals surface area contributed by atoms with Crippen molar-refractivity contribution in [2.45, 2.75) is 57.9 Å². The first-order valence-electron chi connectivity index (χ1n) is 7.42. The Balaban J connectivity index is 2.23. The van der Waals surface area contributed by atoms with Gasteiger partial charge in [0.05, 0.1) is 17.1 Å². The first-order chi connectivity index (χ1) is 9.58. The number of fused-ring (bicyclic) bond motifs is 1. The van der Waals surface area contributed by atoms with Crippen LogP contribution in [0.1, 0.15) is 63.6 Å². The average molecular weight is 275 g/mol. The maximum Gasteiger partial charge on any atom is 0.253 e. The fraction of sp³-hybridized carbons (Fsp3) is 0.600. The Kier molecular flexibility index (Phi) is 3.28. The molecule has 0 saturated heterocycles. The second-order valence-corrected chi connectivity index (χ2v) is 6.02. The molecule has 108 valence electrons. The molecular formula is C15H21N3O2. The summed E-state index contributed by atoms with van der Waals surface area (Å²) in [6.07, 6.45) is 5.85. The third-order valence-corrected chi connectivity index (χ3v) is 4.17. The van der Waals surface area contributed by atoms with Crippen LogP contribution in [0.25, 0.3) is 11.0 Å². The lowest BCUT2D eigenvalue weighted by atomic mass is 9.96. The van der Waals surface area contributed by atoms with Crippen molar-refractivity contribution in [1.82, 2.24) is 14.8 Å². The highest BCUT2D eigenvalue weighted by molar-refractivity contribution is 5.85. The van der Waals surface area contributed by atoms with E-state index in [4.69, 9.17) is 5.10 Å². The second kappa shape index (κ2) is 4.96. The lowest BCUT2D eigenvalue weighted by Gasteiger charge is -2.22. The van der Waals surface area contributed by atoms with Gasteiger partial charge in [0.2, 0.25) is 0 Å². The lowest BCUT2D eigenvalue weighted by molar-refractivity contribution is 0.333. The number of rotatable bonds is 2. The molecule has 2 N–H and O–H groups in total. The third-order valence-electron chi connectivity index (χ3n) is 4.17. The molecule has 0 aliphatic heterocycles. The number of hydrogen-bond acceptors (Lipinski definition) is 3. The summed E-state index contributed by atoms with van der Waals surface area (Å²) in [5, 5.41) is 15.5. The van der Waals surface area contributed by atoms with Crippen LogP contribution in [0, 0.1) is 0 Å². The summed E-state index contributed by atoms with van der Waals surface area (Å²) < 4.78 is 1.94. The van der Waals surface area contributed by atoms with Gasteiger partial charge in [-0.15, -0.1) is 0 Å². The molecule has 0 atom stereocenters.